The van der Waals surface area contributed by atoms with Crippen molar-refractivity contribution in [3.8, 4) is 10.7 Å². The smallest absolute Gasteiger partial charge is 0.331 e. The highest BCUT2D eigenvalue weighted by Gasteiger charge is 2.37. The van der Waals surface area contributed by atoms with Gasteiger partial charge in [0.25, 0.3) is 0 Å². The summed E-state index contributed by atoms with van der Waals surface area (Å²) in [4.78, 5) is 12.1. The number of aromatic nitrogens is 4. The van der Waals surface area contributed by atoms with Crippen molar-refractivity contribution in [2.45, 2.75) is 25.8 Å². The normalized spacial score (nSPS) is 14.4. The van der Waals surface area contributed by atoms with Gasteiger partial charge < -0.3 is 5.11 Å². The number of carboxylic acid groups (broad SMARTS) is 1. The summed E-state index contributed by atoms with van der Waals surface area (Å²) in [5, 5.41) is 20.6. The molecule has 0 saturated carbocycles. The van der Waals surface area contributed by atoms with E-state index < -0.39 is 11.5 Å². The minimum Gasteiger partial charge on any atom is -0.479 e. The van der Waals surface area contributed by atoms with Crippen LogP contribution in [0.25, 0.3) is 10.7 Å². The average molecular weight is 287 g/mol. The number of tetrazole rings is 1. The lowest BCUT2D eigenvalue weighted by Crippen LogP contribution is -2.39. The van der Waals surface area contributed by atoms with Crippen LogP contribution in [0.15, 0.2) is 12.1 Å². The Balaban J connectivity index is 2.54. The Hall–Kier alpha value is -1.47. The number of halogens is 1. The zero-order valence-corrected chi connectivity index (χ0v) is 11.4. The summed E-state index contributed by atoms with van der Waals surface area (Å²) < 4.78 is 1.94. The molecule has 1 N–H and O–H groups in total. The van der Waals surface area contributed by atoms with Gasteiger partial charge in [-0.1, -0.05) is 18.5 Å². The molecule has 0 radical (unpaired) electrons. The molecule has 2 aromatic rings. The third-order valence-electron chi connectivity index (χ3n) is 2.88. The predicted octanol–water partition coefficient (Wildman–Crippen LogP) is 2.26. The van der Waals surface area contributed by atoms with Crippen molar-refractivity contribution < 1.29 is 9.90 Å². The van der Waals surface area contributed by atoms with E-state index >= 15 is 0 Å². The van der Waals surface area contributed by atoms with E-state index in [1.54, 1.807) is 26.0 Å². The molecule has 2 heterocycles. The van der Waals surface area contributed by atoms with Crippen LogP contribution in [0.5, 0.6) is 0 Å². The molecule has 0 aliphatic carbocycles. The second-order valence-electron chi connectivity index (χ2n) is 3.95. The quantitative estimate of drug-likeness (QED) is 0.932. The summed E-state index contributed by atoms with van der Waals surface area (Å²) in [5.74, 6) is -0.556. The number of rotatable bonds is 4. The van der Waals surface area contributed by atoms with Crippen LogP contribution in [0.4, 0.5) is 0 Å². The molecule has 0 spiro atoms. The molecular formula is C10H11ClN4O2S. The van der Waals surface area contributed by atoms with E-state index in [9.17, 15) is 9.90 Å². The third-order valence-corrected chi connectivity index (χ3v) is 4.11. The van der Waals surface area contributed by atoms with Crippen LogP contribution in [-0.2, 0) is 10.3 Å². The molecule has 6 nitrogen and oxygen atoms in total. The van der Waals surface area contributed by atoms with E-state index in [0.29, 0.717) is 16.6 Å². The van der Waals surface area contributed by atoms with Crippen molar-refractivity contribution >= 4 is 28.9 Å². The van der Waals surface area contributed by atoms with E-state index in [-0.39, 0.29) is 0 Å². The molecule has 0 aliphatic rings. The Labute approximate surface area is 112 Å². The molecule has 96 valence electrons. The first kappa shape index (κ1) is 13.0. The van der Waals surface area contributed by atoms with Gasteiger partial charge in [-0.25, -0.2) is 9.48 Å². The van der Waals surface area contributed by atoms with Crippen molar-refractivity contribution in [2.75, 3.05) is 0 Å². The molecule has 0 fully saturated rings. The van der Waals surface area contributed by atoms with Gasteiger partial charge in [0.1, 0.15) is 0 Å². The molecule has 2 rings (SSSR count). The number of hydrogen-bond donors (Lipinski definition) is 1. The lowest BCUT2D eigenvalue weighted by atomic mass is 9.99. The van der Waals surface area contributed by atoms with Crippen LogP contribution < -0.4 is 0 Å². The minimum absolute atomic E-state index is 0.374. The number of thiophene rings is 1. The fourth-order valence-electron chi connectivity index (χ4n) is 1.50. The maximum absolute atomic E-state index is 11.4. The van der Waals surface area contributed by atoms with Crippen molar-refractivity contribution in [1.29, 1.82) is 0 Å². The van der Waals surface area contributed by atoms with Crippen LogP contribution in [-0.4, -0.2) is 31.3 Å². The molecule has 18 heavy (non-hydrogen) atoms. The molecular weight excluding hydrogens is 276 g/mol. The number of aliphatic carboxylic acids is 1. The number of hydrogen-bond acceptors (Lipinski definition) is 5. The van der Waals surface area contributed by atoms with Crippen LogP contribution in [0.2, 0.25) is 4.34 Å². The highest BCUT2D eigenvalue weighted by molar-refractivity contribution is 7.19. The van der Waals surface area contributed by atoms with Gasteiger partial charge in [0.05, 0.1) is 9.21 Å². The number of carbonyl (C=O) groups is 1. The fraction of sp³-hybridized carbons (Fsp3) is 0.400. The maximum Gasteiger partial charge on any atom is 0.331 e. The first-order valence-electron chi connectivity index (χ1n) is 5.27. The molecule has 1 atom stereocenters. The van der Waals surface area contributed by atoms with Gasteiger partial charge in [0.2, 0.25) is 0 Å². The SMILES string of the molecule is CCC(C)(C(=O)O)n1nnnc1-c1ccc(Cl)s1. The van der Waals surface area contributed by atoms with Gasteiger partial charge in [-0.05, 0) is 35.9 Å². The highest BCUT2D eigenvalue weighted by Crippen LogP contribution is 2.32. The van der Waals surface area contributed by atoms with Crippen LogP contribution in [0.3, 0.4) is 0 Å². The topological polar surface area (TPSA) is 80.9 Å². The van der Waals surface area contributed by atoms with E-state index in [1.807, 2.05) is 0 Å². The Kier molecular flexibility index (Phi) is 3.36. The Bertz CT molecular complexity index is 582. The first-order chi connectivity index (χ1) is 8.49. The van der Waals surface area contributed by atoms with E-state index in [2.05, 4.69) is 15.5 Å². The van der Waals surface area contributed by atoms with Crippen LogP contribution in [0.1, 0.15) is 20.3 Å². The molecule has 2 aromatic heterocycles. The number of nitrogens with zero attached hydrogens (tertiary/aromatic N) is 4. The van der Waals surface area contributed by atoms with Crippen LogP contribution in [0, 0.1) is 0 Å². The molecule has 0 saturated heterocycles. The molecule has 8 heteroatoms. The average Bonchev–Trinajstić information content (AvgIpc) is 2.95. The lowest BCUT2D eigenvalue weighted by Gasteiger charge is -2.23. The molecule has 0 amide bonds. The van der Waals surface area contributed by atoms with Crippen molar-refractivity contribution in [2.24, 2.45) is 0 Å². The monoisotopic (exact) mass is 286 g/mol. The maximum atomic E-state index is 11.4. The molecule has 0 bridgehead atoms. The van der Waals surface area contributed by atoms with Crippen LogP contribution >= 0.6 is 22.9 Å². The summed E-state index contributed by atoms with van der Waals surface area (Å²) in [7, 11) is 0. The van der Waals surface area contributed by atoms with E-state index in [0.717, 1.165) is 4.88 Å². The summed E-state index contributed by atoms with van der Waals surface area (Å²) in [6.45, 7) is 3.37. The summed E-state index contributed by atoms with van der Waals surface area (Å²) in [5.41, 5.74) is -1.17. The Morgan fingerprint density at radius 2 is 2.33 bits per heavy atom. The fourth-order valence-corrected chi connectivity index (χ4v) is 2.51. The van der Waals surface area contributed by atoms with Gasteiger partial charge in [0.15, 0.2) is 11.4 Å². The predicted molar refractivity (Wildman–Crippen MR) is 67.7 cm³/mol. The largest absolute Gasteiger partial charge is 0.479 e. The molecule has 0 aliphatic heterocycles. The minimum atomic E-state index is -1.17. The Morgan fingerprint density at radius 1 is 1.61 bits per heavy atom. The second-order valence-corrected chi connectivity index (χ2v) is 5.67. The van der Waals surface area contributed by atoms with Gasteiger partial charge in [-0.3, -0.25) is 0 Å². The molecule has 1 unspecified atom stereocenters. The van der Waals surface area contributed by atoms with Gasteiger partial charge >= 0.3 is 5.97 Å². The lowest BCUT2D eigenvalue weighted by molar-refractivity contribution is -0.147. The van der Waals surface area contributed by atoms with Crippen molar-refractivity contribution in [1.82, 2.24) is 20.2 Å². The van der Waals surface area contributed by atoms with E-state index in [4.69, 9.17) is 11.6 Å². The van der Waals surface area contributed by atoms with Gasteiger partial charge in [-0.2, -0.15) is 0 Å². The zero-order valence-electron chi connectivity index (χ0n) is 9.79. The van der Waals surface area contributed by atoms with Crippen molar-refractivity contribution in [3.63, 3.8) is 0 Å². The summed E-state index contributed by atoms with van der Waals surface area (Å²) in [6.07, 6.45) is 0.374. The van der Waals surface area contributed by atoms with Gasteiger partial charge in [-0.15, -0.1) is 16.4 Å². The number of carboxylic acids is 1. The highest BCUT2D eigenvalue weighted by atomic mass is 35.5. The second kappa shape index (κ2) is 4.66. The van der Waals surface area contributed by atoms with Gasteiger partial charge in [0, 0.05) is 0 Å². The third kappa shape index (κ3) is 1.99. The first-order valence-corrected chi connectivity index (χ1v) is 6.46. The van der Waals surface area contributed by atoms with Crippen molar-refractivity contribution in [3.05, 3.63) is 16.5 Å². The zero-order chi connectivity index (χ0) is 13.3. The summed E-state index contributed by atoms with van der Waals surface area (Å²) >= 11 is 7.17. The molecule has 0 aromatic carbocycles. The Morgan fingerprint density at radius 3 is 2.83 bits per heavy atom. The standard InChI is InChI=1S/C10H11ClN4O2S/c1-3-10(2,9(16)17)15-8(12-13-14-15)6-4-5-7(11)18-6/h4-5H,3H2,1-2H3,(H,16,17). The van der Waals surface area contributed by atoms with E-state index in [1.165, 1.54) is 16.0 Å². The summed E-state index contributed by atoms with van der Waals surface area (Å²) in [6, 6.07) is 3.50.